The molecule has 0 spiro atoms. The van der Waals surface area contributed by atoms with Gasteiger partial charge < -0.3 is 15.4 Å². The van der Waals surface area contributed by atoms with Crippen LogP contribution in [0.2, 0.25) is 0 Å². The van der Waals surface area contributed by atoms with E-state index in [0.717, 1.165) is 41.4 Å². The van der Waals surface area contributed by atoms with E-state index in [1.807, 2.05) is 26.2 Å². The molecule has 1 saturated carbocycles. The summed E-state index contributed by atoms with van der Waals surface area (Å²) in [6.45, 7) is 3.70. The number of nitrogens with zero attached hydrogens (tertiary/aromatic N) is 5. The molecule has 1 aliphatic rings. The minimum absolute atomic E-state index is 0.0397. The minimum atomic E-state index is -4.68. The Morgan fingerprint density at radius 1 is 1.24 bits per heavy atom. The van der Waals surface area contributed by atoms with E-state index < -0.39 is 17.9 Å². The summed E-state index contributed by atoms with van der Waals surface area (Å²) in [6, 6.07) is 3.08. The Labute approximate surface area is 193 Å². The van der Waals surface area contributed by atoms with Crippen molar-refractivity contribution in [3.8, 4) is 17.1 Å². The molecule has 1 aliphatic carbocycles. The third-order valence-corrected chi connectivity index (χ3v) is 5.18. The number of carbonyl (C=O) groups excluding carboxylic acids is 1. The van der Waals surface area contributed by atoms with Gasteiger partial charge in [0.2, 0.25) is 5.88 Å². The lowest BCUT2D eigenvalue weighted by molar-refractivity contribution is -0.141. The summed E-state index contributed by atoms with van der Waals surface area (Å²) >= 11 is 0. The highest BCUT2D eigenvalue weighted by molar-refractivity contribution is 5.89. The Kier molecular flexibility index (Phi) is 6.40. The van der Waals surface area contributed by atoms with Gasteiger partial charge in [0.1, 0.15) is 0 Å². The molecule has 0 aliphatic heterocycles. The number of amides is 2. The lowest BCUT2D eigenvalue weighted by atomic mass is 10.1. The Morgan fingerprint density at radius 3 is 2.65 bits per heavy atom. The first-order valence-electron chi connectivity index (χ1n) is 10.8. The lowest BCUT2D eigenvalue weighted by Crippen LogP contribution is -2.29. The molecule has 3 aromatic rings. The zero-order chi connectivity index (χ0) is 24.5. The zero-order valence-corrected chi connectivity index (χ0v) is 18.9. The highest BCUT2D eigenvalue weighted by Gasteiger charge is 2.34. The number of aromatic nitrogens is 5. The normalized spacial score (nSPS) is 13.6. The third kappa shape index (κ3) is 5.43. The van der Waals surface area contributed by atoms with Crippen LogP contribution in [0.5, 0.6) is 5.88 Å². The van der Waals surface area contributed by atoms with Crippen LogP contribution >= 0.6 is 0 Å². The highest BCUT2D eigenvalue weighted by Crippen LogP contribution is 2.43. The molecule has 1 fully saturated rings. The van der Waals surface area contributed by atoms with E-state index in [-0.39, 0.29) is 24.7 Å². The number of hydrogen-bond acceptors (Lipinski definition) is 6. The monoisotopic (exact) mass is 475 g/mol. The maximum atomic E-state index is 13.1. The number of anilines is 1. The van der Waals surface area contributed by atoms with Gasteiger partial charge in [-0.3, -0.25) is 4.68 Å². The number of pyridine rings is 1. The first-order chi connectivity index (χ1) is 16.1. The van der Waals surface area contributed by atoms with Gasteiger partial charge in [0.05, 0.1) is 30.2 Å². The Morgan fingerprint density at radius 2 is 2.00 bits per heavy atom. The van der Waals surface area contributed by atoms with Gasteiger partial charge in [-0.1, -0.05) is 0 Å². The molecule has 0 bridgehead atoms. The molecule has 2 amide bonds. The average molecular weight is 475 g/mol. The van der Waals surface area contributed by atoms with E-state index in [0.29, 0.717) is 11.6 Å². The van der Waals surface area contributed by atoms with Crippen LogP contribution in [0.25, 0.3) is 11.3 Å². The molecule has 0 saturated heterocycles. The standard InChI is InChI=1S/C22H24F3N7O2/c1-4-34-18-9-14(8-17(28-18)22(23,24)25)27-21(33)26-10-15-7-12(2)19(30-29-15)16-11-32(3)31-20(16)13-5-6-13/h7-9,11,13H,4-6,10H2,1-3H3,(H2,26,27,28,33). The lowest BCUT2D eigenvalue weighted by Gasteiger charge is -2.13. The molecular weight excluding hydrogens is 451 g/mol. The summed E-state index contributed by atoms with van der Waals surface area (Å²) < 4.78 is 46.1. The van der Waals surface area contributed by atoms with Crippen LogP contribution < -0.4 is 15.4 Å². The fraction of sp³-hybridized carbons (Fsp3) is 0.409. The summed E-state index contributed by atoms with van der Waals surface area (Å²) in [5.41, 5.74) is 2.85. The van der Waals surface area contributed by atoms with Crippen molar-refractivity contribution < 1.29 is 22.7 Å². The van der Waals surface area contributed by atoms with Crippen LogP contribution in [0, 0.1) is 6.92 Å². The maximum absolute atomic E-state index is 13.1. The Balaban J connectivity index is 1.43. The summed E-state index contributed by atoms with van der Waals surface area (Å²) in [5, 5.41) is 18.0. The van der Waals surface area contributed by atoms with Crippen LogP contribution in [0.1, 0.15) is 48.3 Å². The van der Waals surface area contributed by atoms with Crippen LogP contribution in [0.15, 0.2) is 24.4 Å². The SMILES string of the molecule is CCOc1cc(NC(=O)NCc2cc(C)c(-c3cn(C)nc3C3CC3)nn2)cc(C(F)(F)F)n1. The quantitative estimate of drug-likeness (QED) is 0.531. The van der Waals surface area contributed by atoms with Crippen LogP contribution in [0.4, 0.5) is 23.7 Å². The van der Waals surface area contributed by atoms with Gasteiger partial charge in [-0.15, -0.1) is 5.10 Å². The molecule has 4 rings (SSSR count). The molecule has 180 valence electrons. The molecule has 9 nitrogen and oxygen atoms in total. The van der Waals surface area contributed by atoms with Gasteiger partial charge in [0.25, 0.3) is 0 Å². The smallest absolute Gasteiger partial charge is 0.433 e. The van der Waals surface area contributed by atoms with E-state index in [1.54, 1.807) is 11.6 Å². The van der Waals surface area contributed by atoms with Gasteiger partial charge in [0.15, 0.2) is 5.69 Å². The second-order valence-electron chi connectivity index (χ2n) is 8.06. The van der Waals surface area contributed by atoms with E-state index >= 15 is 0 Å². The molecule has 0 unspecified atom stereocenters. The molecular formula is C22H24F3N7O2. The fourth-order valence-electron chi connectivity index (χ4n) is 3.53. The van der Waals surface area contributed by atoms with Crippen LogP contribution in [0.3, 0.4) is 0 Å². The molecule has 34 heavy (non-hydrogen) atoms. The molecule has 0 radical (unpaired) electrons. The predicted octanol–water partition coefficient (Wildman–Crippen LogP) is 4.20. The first kappa shape index (κ1) is 23.5. The third-order valence-electron chi connectivity index (χ3n) is 5.18. The van der Waals surface area contributed by atoms with Gasteiger partial charge in [-0.05, 0) is 44.4 Å². The molecule has 2 N–H and O–H groups in total. The number of rotatable bonds is 7. The molecule has 0 aromatic carbocycles. The van der Waals surface area contributed by atoms with Crippen molar-refractivity contribution in [2.45, 2.75) is 45.3 Å². The second kappa shape index (κ2) is 9.27. The van der Waals surface area contributed by atoms with Crippen molar-refractivity contribution in [1.82, 2.24) is 30.3 Å². The van der Waals surface area contributed by atoms with Gasteiger partial charge in [-0.25, -0.2) is 9.78 Å². The number of halogens is 3. The van der Waals surface area contributed by atoms with Crippen LogP contribution in [-0.2, 0) is 19.8 Å². The zero-order valence-electron chi connectivity index (χ0n) is 18.9. The number of urea groups is 1. The minimum Gasteiger partial charge on any atom is -0.478 e. The van der Waals surface area contributed by atoms with Crippen molar-refractivity contribution in [1.29, 1.82) is 0 Å². The Bertz CT molecular complexity index is 1210. The number of carbonyl (C=O) groups is 1. The molecule has 0 atom stereocenters. The van der Waals surface area contributed by atoms with Gasteiger partial charge >= 0.3 is 12.2 Å². The highest BCUT2D eigenvalue weighted by atomic mass is 19.4. The Hall–Kier alpha value is -3.70. The maximum Gasteiger partial charge on any atom is 0.433 e. The summed E-state index contributed by atoms with van der Waals surface area (Å²) in [6.07, 6.45) is -0.526. The van der Waals surface area contributed by atoms with E-state index in [9.17, 15) is 18.0 Å². The van der Waals surface area contributed by atoms with Gasteiger partial charge in [0, 0.05) is 36.5 Å². The van der Waals surface area contributed by atoms with E-state index in [4.69, 9.17) is 4.74 Å². The number of aryl methyl sites for hydroxylation is 2. The summed E-state index contributed by atoms with van der Waals surface area (Å²) in [7, 11) is 1.87. The predicted molar refractivity (Wildman–Crippen MR) is 117 cm³/mol. The van der Waals surface area contributed by atoms with E-state index in [1.165, 1.54) is 6.07 Å². The number of alkyl halides is 3. The van der Waals surface area contributed by atoms with Crippen molar-refractivity contribution in [3.05, 3.63) is 47.0 Å². The fourth-order valence-corrected chi connectivity index (χ4v) is 3.53. The van der Waals surface area contributed by atoms with Crippen molar-refractivity contribution in [2.75, 3.05) is 11.9 Å². The number of hydrogen-bond donors (Lipinski definition) is 2. The summed E-state index contributed by atoms with van der Waals surface area (Å²) in [4.78, 5) is 15.7. The largest absolute Gasteiger partial charge is 0.478 e. The van der Waals surface area contributed by atoms with Crippen molar-refractivity contribution >= 4 is 11.7 Å². The molecule has 12 heteroatoms. The van der Waals surface area contributed by atoms with Crippen molar-refractivity contribution in [2.24, 2.45) is 7.05 Å². The first-order valence-corrected chi connectivity index (χ1v) is 10.8. The van der Waals surface area contributed by atoms with Crippen molar-refractivity contribution in [3.63, 3.8) is 0 Å². The molecule has 3 heterocycles. The number of nitrogens with one attached hydrogen (secondary N) is 2. The topological polar surface area (TPSA) is 107 Å². The number of ether oxygens (including phenoxy) is 1. The van der Waals surface area contributed by atoms with Gasteiger partial charge in [-0.2, -0.15) is 23.4 Å². The second-order valence-corrected chi connectivity index (χ2v) is 8.06. The summed E-state index contributed by atoms with van der Waals surface area (Å²) in [5.74, 6) is 0.224. The molecule has 3 aromatic heterocycles. The van der Waals surface area contributed by atoms with Crippen LogP contribution in [-0.4, -0.2) is 37.6 Å². The average Bonchev–Trinajstić information content (AvgIpc) is 3.53. The van der Waals surface area contributed by atoms with E-state index in [2.05, 4.69) is 30.9 Å².